The Balaban J connectivity index is 1.60. The molecule has 2 aromatic carbocycles. The van der Waals surface area contributed by atoms with Crippen LogP contribution in [0.3, 0.4) is 0 Å². The van der Waals surface area contributed by atoms with Crippen molar-refractivity contribution in [2.75, 3.05) is 11.9 Å². The average Bonchev–Trinajstić information content (AvgIpc) is 2.87. The number of carbonyl (C=O) groups excluding carboxylic acids is 3. The molecule has 0 radical (unpaired) electrons. The SMILES string of the molecule is Cc1ccc2c(c1)C(=O)N(CCCC(=O)Nc1c(C)cccc1C(C)C)C2=O. The van der Waals surface area contributed by atoms with Crippen LogP contribution in [0.1, 0.15) is 70.0 Å². The van der Waals surface area contributed by atoms with Crippen LogP contribution in [-0.2, 0) is 4.79 Å². The molecule has 2 aromatic rings. The van der Waals surface area contributed by atoms with Crippen molar-refractivity contribution >= 4 is 23.4 Å². The number of rotatable bonds is 6. The van der Waals surface area contributed by atoms with Crippen molar-refractivity contribution < 1.29 is 14.4 Å². The molecule has 0 aromatic heterocycles. The lowest BCUT2D eigenvalue weighted by Gasteiger charge is -2.17. The fraction of sp³-hybridized carbons (Fsp3) is 0.348. The van der Waals surface area contributed by atoms with Crippen molar-refractivity contribution in [2.45, 2.75) is 46.5 Å². The van der Waals surface area contributed by atoms with E-state index in [0.29, 0.717) is 23.5 Å². The second kappa shape index (κ2) is 7.97. The Morgan fingerprint density at radius 3 is 2.46 bits per heavy atom. The smallest absolute Gasteiger partial charge is 0.261 e. The second-order valence-corrected chi connectivity index (χ2v) is 7.66. The van der Waals surface area contributed by atoms with Gasteiger partial charge in [-0.15, -0.1) is 0 Å². The van der Waals surface area contributed by atoms with Gasteiger partial charge in [0.1, 0.15) is 0 Å². The Morgan fingerprint density at radius 2 is 1.75 bits per heavy atom. The van der Waals surface area contributed by atoms with Gasteiger partial charge in [0, 0.05) is 18.7 Å². The van der Waals surface area contributed by atoms with E-state index in [-0.39, 0.29) is 30.7 Å². The highest BCUT2D eigenvalue weighted by atomic mass is 16.2. The normalized spacial score (nSPS) is 13.2. The fourth-order valence-corrected chi connectivity index (χ4v) is 3.55. The van der Waals surface area contributed by atoms with E-state index in [1.54, 1.807) is 12.1 Å². The number of nitrogens with one attached hydrogen (secondary N) is 1. The number of fused-ring (bicyclic) bond motifs is 1. The van der Waals surface area contributed by atoms with Crippen LogP contribution in [0, 0.1) is 13.8 Å². The quantitative estimate of drug-likeness (QED) is 0.756. The summed E-state index contributed by atoms with van der Waals surface area (Å²) >= 11 is 0. The summed E-state index contributed by atoms with van der Waals surface area (Å²) in [6.45, 7) is 8.29. The molecule has 5 heteroatoms. The highest BCUT2D eigenvalue weighted by Gasteiger charge is 2.34. The lowest BCUT2D eigenvalue weighted by Crippen LogP contribution is -2.31. The van der Waals surface area contributed by atoms with Gasteiger partial charge in [0.15, 0.2) is 0 Å². The molecule has 1 aliphatic rings. The van der Waals surface area contributed by atoms with E-state index in [4.69, 9.17) is 0 Å². The zero-order chi connectivity index (χ0) is 20.4. The standard InChI is InChI=1S/C23H26N2O3/c1-14(2)17-8-5-7-16(4)21(17)24-20(26)9-6-12-25-22(27)18-11-10-15(3)13-19(18)23(25)28/h5,7-8,10-11,13-14H,6,9,12H2,1-4H3,(H,24,26). The average molecular weight is 378 g/mol. The molecule has 0 fully saturated rings. The molecule has 3 rings (SSSR count). The van der Waals surface area contributed by atoms with Crippen molar-refractivity contribution in [3.63, 3.8) is 0 Å². The first-order chi connectivity index (χ1) is 13.3. The van der Waals surface area contributed by atoms with Crippen molar-refractivity contribution in [1.29, 1.82) is 0 Å². The molecule has 0 saturated carbocycles. The number of hydrogen-bond donors (Lipinski definition) is 1. The lowest BCUT2D eigenvalue weighted by atomic mass is 9.98. The molecular formula is C23H26N2O3. The third kappa shape index (κ3) is 3.84. The van der Waals surface area contributed by atoms with Crippen molar-refractivity contribution in [2.24, 2.45) is 0 Å². The van der Waals surface area contributed by atoms with Crippen LogP contribution < -0.4 is 5.32 Å². The summed E-state index contributed by atoms with van der Waals surface area (Å²) in [5.74, 6) is -0.354. The molecule has 146 valence electrons. The van der Waals surface area contributed by atoms with Gasteiger partial charge in [0.2, 0.25) is 5.91 Å². The van der Waals surface area contributed by atoms with Gasteiger partial charge in [-0.1, -0.05) is 43.7 Å². The highest BCUT2D eigenvalue weighted by Crippen LogP contribution is 2.28. The van der Waals surface area contributed by atoms with Crippen molar-refractivity contribution in [1.82, 2.24) is 4.90 Å². The zero-order valence-corrected chi connectivity index (χ0v) is 16.8. The maximum atomic E-state index is 12.5. The maximum absolute atomic E-state index is 12.5. The minimum Gasteiger partial charge on any atom is -0.326 e. The van der Waals surface area contributed by atoms with Crippen LogP contribution in [0.2, 0.25) is 0 Å². The van der Waals surface area contributed by atoms with Gasteiger partial charge in [-0.3, -0.25) is 19.3 Å². The summed E-state index contributed by atoms with van der Waals surface area (Å²) in [6, 6.07) is 11.3. The molecule has 1 N–H and O–H groups in total. The van der Waals surface area contributed by atoms with E-state index in [9.17, 15) is 14.4 Å². The summed E-state index contributed by atoms with van der Waals surface area (Å²) in [5.41, 5.74) is 4.83. The number of benzene rings is 2. The Morgan fingerprint density at radius 1 is 1.04 bits per heavy atom. The Kier molecular flexibility index (Phi) is 5.63. The predicted molar refractivity (Wildman–Crippen MR) is 110 cm³/mol. The number of anilines is 1. The van der Waals surface area contributed by atoms with Gasteiger partial charge in [-0.2, -0.15) is 0 Å². The van der Waals surface area contributed by atoms with Gasteiger partial charge in [-0.05, 0) is 49.4 Å². The lowest BCUT2D eigenvalue weighted by molar-refractivity contribution is -0.116. The first-order valence-electron chi connectivity index (χ1n) is 9.65. The molecule has 0 bridgehead atoms. The Labute approximate surface area is 165 Å². The maximum Gasteiger partial charge on any atom is 0.261 e. The zero-order valence-electron chi connectivity index (χ0n) is 16.8. The fourth-order valence-electron chi connectivity index (χ4n) is 3.55. The summed E-state index contributed by atoms with van der Waals surface area (Å²) in [5, 5.41) is 3.01. The monoisotopic (exact) mass is 378 g/mol. The third-order valence-electron chi connectivity index (χ3n) is 5.10. The molecule has 3 amide bonds. The van der Waals surface area contributed by atoms with Crippen molar-refractivity contribution in [3.8, 4) is 0 Å². The van der Waals surface area contributed by atoms with Gasteiger partial charge in [-0.25, -0.2) is 0 Å². The third-order valence-corrected chi connectivity index (χ3v) is 5.10. The van der Waals surface area contributed by atoms with Crippen molar-refractivity contribution in [3.05, 3.63) is 64.2 Å². The molecule has 5 nitrogen and oxygen atoms in total. The molecule has 1 aliphatic heterocycles. The molecule has 0 aliphatic carbocycles. The largest absolute Gasteiger partial charge is 0.326 e. The minimum atomic E-state index is -0.276. The van der Waals surface area contributed by atoms with Crippen LogP contribution in [0.25, 0.3) is 0 Å². The summed E-state index contributed by atoms with van der Waals surface area (Å²) in [6.07, 6.45) is 0.678. The Hall–Kier alpha value is -2.95. The van der Waals surface area contributed by atoms with E-state index in [1.807, 2.05) is 38.1 Å². The number of nitrogens with zero attached hydrogens (tertiary/aromatic N) is 1. The molecular weight excluding hydrogens is 352 g/mol. The van der Waals surface area contributed by atoms with E-state index in [1.165, 1.54) is 4.90 Å². The van der Waals surface area contributed by atoms with Gasteiger partial charge in [0.05, 0.1) is 11.1 Å². The topological polar surface area (TPSA) is 66.5 Å². The molecule has 0 spiro atoms. The van der Waals surface area contributed by atoms with E-state index in [0.717, 1.165) is 22.4 Å². The minimum absolute atomic E-state index is 0.108. The summed E-state index contributed by atoms with van der Waals surface area (Å²) in [4.78, 5) is 38.6. The van der Waals surface area contributed by atoms with E-state index in [2.05, 4.69) is 19.2 Å². The first kappa shape index (κ1) is 19.8. The highest BCUT2D eigenvalue weighted by molar-refractivity contribution is 6.21. The predicted octanol–water partition coefficient (Wildman–Crippen LogP) is 4.44. The number of hydrogen-bond acceptors (Lipinski definition) is 3. The second-order valence-electron chi connectivity index (χ2n) is 7.66. The molecule has 0 saturated heterocycles. The number of carbonyl (C=O) groups is 3. The Bertz CT molecular complexity index is 947. The number of aryl methyl sites for hydroxylation is 2. The number of amides is 3. The van der Waals surface area contributed by atoms with E-state index >= 15 is 0 Å². The van der Waals surface area contributed by atoms with Crippen LogP contribution in [0.15, 0.2) is 36.4 Å². The molecule has 0 atom stereocenters. The van der Waals surface area contributed by atoms with Gasteiger partial charge >= 0.3 is 0 Å². The van der Waals surface area contributed by atoms with Crippen LogP contribution >= 0.6 is 0 Å². The summed E-state index contributed by atoms with van der Waals surface area (Å²) < 4.78 is 0. The van der Waals surface area contributed by atoms with Crippen LogP contribution in [-0.4, -0.2) is 29.2 Å². The van der Waals surface area contributed by atoms with Crippen LogP contribution in [0.4, 0.5) is 5.69 Å². The van der Waals surface area contributed by atoms with E-state index < -0.39 is 0 Å². The van der Waals surface area contributed by atoms with Gasteiger partial charge < -0.3 is 5.32 Å². The number of imide groups is 1. The van der Waals surface area contributed by atoms with Crippen LogP contribution in [0.5, 0.6) is 0 Å². The summed E-state index contributed by atoms with van der Waals surface area (Å²) in [7, 11) is 0. The number of para-hydroxylation sites is 1. The molecule has 28 heavy (non-hydrogen) atoms. The molecule has 1 heterocycles. The first-order valence-corrected chi connectivity index (χ1v) is 9.65. The van der Waals surface area contributed by atoms with Gasteiger partial charge in [0.25, 0.3) is 11.8 Å². The molecule has 0 unspecified atom stereocenters.